The Labute approximate surface area is 134 Å². The normalized spacial score (nSPS) is 12.9. The minimum absolute atomic E-state index is 0.135. The van der Waals surface area contributed by atoms with Crippen LogP contribution in [0.25, 0.3) is 10.9 Å². The number of nitriles is 1. The van der Waals surface area contributed by atoms with Crippen LogP contribution in [0.4, 0.5) is 0 Å². The Bertz CT molecular complexity index is 767. The maximum Gasteiger partial charge on any atom is 0.328 e. The van der Waals surface area contributed by atoms with Crippen molar-refractivity contribution in [1.82, 2.24) is 10.3 Å². The quantitative estimate of drug-likeness (QED) is 0.853. The Morgan fingerprint density at radius 3 is 2.83 bits per heavy atom. The monoisotopic (exact) mass is 311 g/mol. The lowest BCUT2D eigenvalue weighted by atomic mass is 9.98. The third-order valence-electron chi connectivity index (χ3n) is 3.58. The molecule has 2 atom stereocenters. The molecule has 118 valence electrons. The van der Waals surface area contributed by atoms with Gasteiger partial charge in [0.05, 0.1) is 24.3 Å². The second-order valence-corrected chi connectivity index (χ2v) is 5.23. The van der Waals surface area contributed by atoms with Gasteiger partial charge < -0.3 is 10.1 Å². The van der Waals surface area contributed by atoms with Crippen LogP contribution in [-0.2, 0) is 9.53 Å². The standard InChI is InChI=1S/C17H17N3O3/c1-11(7-8-18)15(17(22)23-2)20-16(21)13-9-12-5-3-4-6-14(12)19-10-13/h3-6,9-11,15H,7H2,1-2H3,(H,20,21)/t11-,15+/m0/s1. The van der Waals surface area contributed by atoms with E-state index in [1.807, 2.05) is 30.3 Å². The number of rotatable bonds is 5. The van der Waals surface area contributed by atoms with Crippen molar-refractivity contribution in [2.75, 3.05) is 7.11 Å². The molecule has 1 amide bonds. The molecular formula is C17H17N3O3. The third kappa shape index (κ3) is 3.83. The largest absolute Gasteiger partial charge is 0.467 e. The van der Waals surface area contributed by atoms with E-state index in [1.165, 1.54) is 13.3 Å². The van der Waals surface area contributed by atoms with Crippen molar-refractivity contribution >= 4 is 22.8 Å². The van der Waals surface area contributed by atoms with Crippen LogP contribution in [0.2, 0.25) is 0 Å². The van der Waals surface area contributed by atoms with Crippen LogP contribution in [0.15, 0.2) is 36.5 Å². The van der Waals surface area contributed by atoms with E-state index < -0.39 is 17.9 Å². The molecule has 0 saturated heterocycles. The molecule has 23 heavy (non-hydrogen) atoms. The number of nitrogens with zero attached hydrogens (tertiary/aromatic N) is 2. The SMILES string of the molecule is COC(=O)[C@H](NC(=O)c1cnc2ccccc2c1)[C@@H](C)CC#N. The Balaban J connectivity index is 2.22. The molecule has 0 aliphatic heterocycles. The summed E-state index contributed by atoms with van der Waals surface area (Å²) in [6.45, 7) is 1.71. The van der Waals surface area contributed by atoms with Crippen molar-refractivity contribution in [2.24, 2.45) is 5.92 Å². The number of carbonyl (C=O) groups is 2. The van der Waals surface area contributed by atoms with Crippen molar-refractivity contribution in [1.29, 1.82) is 5.26 Å². The predicted octanol–water partition coefficient (Wildman–Crippen LogP) is 2.06. The summed E-state index contributed by atoms with van der Waals surface area (Å²) in [6, 6.07) is 10.3. The van der Waals surface area contributed by atoms with Crippen LogP contribution < -0.4 is 5.32 Å². The summed E-state index contributed by atoms with van der Waals surface area (Å²) in [5.41, 5.74) is 1.13. The van der Waals surface area contributed by atoms with Gasteiger partial charge in [-0.1, -0.05) is 25.1 Å². The van der Waals surface area contributed by atoms with Crippen molar-refractivity contribution < 1.29 is 14.3 Å². The number of nitrogens with one attached hydrogen (secondary N) is 1. The van der Waals surface area contributed by atoms with Gasteiger partial charge in [0.25, 0.3) is 5.91 Å². The number of esters is 1. The molecule has 0 fully saturated rings. The lowest BCUT2D eigenvalue weighted by Gasteiger charge is -2.21. The first kappa shape index (κ1) is 16.4. The molecule has 2 aromatic rings. The van der Waals surface area contributed by atoms with E-state index in [9.17, 15) is 9.59 Å². The molecule has 1 aromatic carbocycles. The number of amides is 1. The topological polar surface area (TPSA) is 92.1 Å². The van der Waals surface area contributed by atoms with Crippen LogP contribution in [0, 0.1) is 17.2 Å². The van der Waals surface area contributed by atoms with Crippen LogP contribution in [0.1, 0.15) is 23.7 Å². The molecule has 0 radical (unpaired) electrons. The molecular weight excluding hydrogens is 294 g/mol. The number of ether oxygens (including phenoxy) is 1. The fourth-order valence-corrected chi connectivity index (χ4v) is 2.24. The number of pyridine rings is 1. The molecule has 0 spiro atoms. The van der Waals surface area contributed by atoms with E-state index in [1.54, 1.807) is 13.0 Å². The maximum atomic E-state index is 12.4. The Morgan fingerprint density at radius 1 is 1.39 bits per heavy atom. The summed E-state index contributed by atoms with van der Waals surface area (Å²) < 4.78 is 4.71. The minimum atomic E-state index is -0.876. The first-order valence-corrected chi connectivity index (χ1v) is 7.17. The molecule has 0 saturated carbocycles. The van der Waals surface area contributed by atoms with Crippen molar-refractivity contribution in [2.45, 2.75) is 19.4 Å². The van der Waals surface area contributed by atoms with Crippen LogP contribution in [0.3, 0.4) is 0 Å². The molecule has 2 rings (SSSR count). The van der Waals surface area contributed by atoms with Gasteiger partial charge in [-0.15, -0.1) is 0 Å². The van der Waals surface area contributed by atoms with Gasteiger partial charge in [0, 0.05) is 23.9 Å². The molecule has 1 aromatic heterocycles. The third-order valence-corrected chi connectivity index (χ3v) is 3.58. The average molecular weight is 311 g/mol. The number of carbonyl (C=O) groups excluding carboxylic acids is 2. The van der Waals surface area contributed by atoms with E-state index in [0.29, 0.717) is 5.56 Å². The maximum absolute atomic E-state index is 12.4. The molecule has 1 N–H and O–H groups in total. The zero-order valence-corrected chi connectivity index (χ0v) is 12.9. The molecule has 1 heterocycles. The summed E-state index contributed by atoms with van der Waals surface area (Å²) in [6.07, 6.45) is 1.59. The summed E-state index contributed by atoms with van der Waals surface area (Å²) in [7, 11) is 1.25. The zero-order chi connectivity index (χ0) is 16.8. The van der Waals surface area contributed by atoms with Gasteiger partial charge in [-0.05, 0) is 12.1 Å². The number of aromatic nitrogens is 1. The van der Waals surface area contributed by atoms with E-state index in [2.05, 4.69) is 10.3 Å². The van der Waals surface area contributed by atoms with E-state index in [0.717, 1.165) is 10.9 Å². The highest BCUT2D eigenvalue weighted by molar-refractivity contribution is 5.99. The van der Waals surface area contributed by atoms with E-state index in [-0.39, 0.29) is 12.3 Å². The zero-order valence-electron chi connectivity index (χ0n) is 12.9. The molecule has 0 aliphatic rings. The Kier molecular flexibility index (Phi) is 5.26. The van der Waals surface area contributed by atoms with Crippen molar-refractivity contribution in [3.05, 3.63) is 42.1 Å². The van der Waals surface area contributed by atoms with E-state index >= 15 is 0 Å². The van der Waals surface area contributed by atoms with Gasteiger partial charge >= 0.3 is 5.97 Å². The fourth-order valence-electron chi connectivity index (χ4n) is 2.24. The summed E-state index contributed by atoms with van der Waals surface area (Å²) in [5.74, 6) is -1.36. The number of benzene rings is 1. The van der Waals surface area contributed by atoms with Gasteiger partial charge in [0.1, 0.15) is 6.04 Å². The second-order valence-electron chi connectivity index (χ2n) is 5.23. The smallest absolute Gasteiger partial charge is 0.328 e. The highest BCUT2D eigenvalue weighted by Gasteiger charge is 2.28. The number of fused-ring (bicyclic) bond motifs is 1. The first-order valence-electron chi connectivity index (χ1n) is 7.17. The van der Waals surface area contributed by atoms with Crippen LogP contribution in [0.5, 0.6) is 0 Å². The van der Waals surface area contributed by atoms with E-state index in [4.69, 9.17) is 10.00 Å². The summed E-state index contributed by atoms with van der Waals surface area (Å²) in [5, 5.41) is 12.2. The molecule has 6 nitrogen and oxygen atoms in total. The van der Waals surface area contributed by atoms with Gasteiger partial charge in [-0.2, -0.15) is 5.26 Å². The lowest BCUT2D eigenvalue weighted by Crippen LogP contribution is -2.45. The van der Waals surface area contributed by atoms with Gasteiger partial charge in [-0.25, -0.2) is 4.79 Å². The highest BCUT2D eigenvalue weighted by Crippen LogP contribution is 2.14. The van der Waals surface area contributed by atoms with Crippen molar-refractivity contribution in [3.63, 3.8) is 0 Å². The van der Waals surface area contributed by atoms with Gasteiger partial charge in [0.15, 0.2) is 0 Å². The number of hydrogen-bond donors (Lipinski definition) is 1. The molecule has 0 unspecified atom stereocenters. The first-order chi connectivity index (χ1) is 11.1. The predicted molar refractivity (Wildman–Crippen MR) is 84.4 cm³/mol. The molecule has 6 heteroatoms. The second kappa shape index (κ2) is 7.36. The van der Waals surface area contributed by atoms with Gasteiger partial charge in [0.2, 0.25) is 0 Å². The number of hydrogen-bond acceptors (Lipinski definition) is 5. The highest BCUT2D eigenvalue weighted by atomic mass is 16.5. The summed E-state index contributed by atoms with van der Waals surface area (Å²) in [4.78, 5) is 28.5. The Hall–Kier alpha value is -2.94. The number of methoxy groups -OCH3 is 1. The lowest BCUT2D eigenvalue weighted by molar-refractivity contribution is -0.144. The molecule has 0 bridgehead atoms. The average Bonchev–Trinajstić information content (AvgIpc) is 2.58. The molecule has 0 aliphatic carbocycles. The van der Waals surface area contributed by atoms with Gasteiger partial charge in [-0.3, -0.25) is 9.78 Å². The number of para-hydroxylation sites is 1. The minimum Gasteiger partial charge on any atom is -0.467 e. The Morgan fingerprint density at radius 2 is 2.13 bits per heavy atom. The fraction of sp³-hybridized carbons (Fsp3) is 0.294. The summed E-state index contributed by atoms with van der Waals surface area (Å²) >= 11 is 0. The van der Waals surface area contributed by atoms with Crippen LogP contribution in [-0.4, -0.2) is 30.0 Å². The van der Waals surface area contributed by atoms with Crippen LogP contribution >= 0.6 is 0 Å². The van der Waals surface area contributed by atoms with Crippen molar-refractivity contribution in [3.8, 4) is 6.07 Å².